The molecule has 1 nitrogen and oxygen atoms in total. The zero-order chi connectivity index (χ0) is 26.2. The summed E-state index contributed by atoms with van der Waals surface area (Å²) in [4.78, 5) is 2.44. The van der Waals surface area contributed by atoms with Gasteiger partial charge in [0.2, 0.25) is 0 Å². The lowest BCUT2D eigenvalue weighted by molar-refractivity contribution is 0.254. The third-order valence-corrected chi connectivity index (χ3v) is 7.73. The Balaban J connectivity index is 1.71. The Morgan fingerprint density at radius 3 is 2.22 bits per heavy atom. The number of hydrogen-bond donors (Lipinski definition) is 0. The topological polar surface area (TPSA) is 3.24 Å². The first kappa shape index (κ1) is 27.7. The number of hydrogen-bond acceptors (Lipinski definition) is 1. The van der Waals surface area contributed by atoms with Crippen molar-refractivity contribution in [2.75, 3.05) is 13.1 Å². The van der Waals surface area contributed by atoms with Crippen molar-refractivity contribution in [2.24, 2.45) is 5.92 Å². The molecule has 2 aromatic rings. The molecule has 0 saturated carbocycles. The van der Waals surface area contributed by atoms with Crippen molar-refractivity contribution in [2.45, 2.75) is 72.6 Å². The van der Waals surface area contributed by atoms with E-state index in [0.29, 0.717) is 5.92 Å². The van der Waals surface area contributed by atoms with Crippen LogP contribution in [-0.4, -0.2) is 18.0 Å². The minimum Gasteiger partial charge on any atom is -0.372 e. The van der Waals surface area contributed by atoms with Crippen molar-refractivity contribution < 1.29 is 4.39 Å². The second kappa shape index (κ2) is 12.9. The Morgan fingerprint density at radius 1 is 0.972 bits per heavy atom. The van der Waals surface area contributed by atoms with Crippen LogP contribution in [0.25, 0.3) is 11.3 Å². The van der Waals surface area contributed by atoms with Crippen LogP contribution >= 0.6 is 0 Å². The number of aryl methyl sites for hydroxylation is 2. The molecule has 0 aliphatic carbocycles. The van der Waals surface area contributed by atoms with Crippen LogP contribution in [-0.2, 0) is 6.42 Å². The molecule has 0 N–H and O–H groups in total. The SMILES string of the molecule is C=C(CCCCC)C(=C)/C(=C/C)c1cc(C(=C)N2CCC(Cc3ccc(F)cc3)CC2)c(C)cc1C. The first-order valence-electron chi connectivity index (χ1n) is 13.6. The van der Waals surface area contributed by atoms with E-state index in [9.17, 15) is 4.39 Å². The molecule has 0 bridgehead atoms. The van der Waals surface area contributed by atoms with Crippen LogP contribution in [0.1, 0.15) is 80.2 Å². The maximum Gasteiger partial charge on any atom is 0.123 e. The van der Waals surface area contributed by atoms with Gasteiger partial charge in [-0.25, -0.2) is 4.39 Å². The number of allylic oxidation sites excluding steroid dienone is 4. The summed E-state index contributed by atoms with van der Waals surface area (Å²) >= 11 is 0. The molecular weight excluding hydrogens is 441 g/mol. The van der Waals surface area contributed by atoms with E-state index in [-0.39, 0.29) is 5.82 Å². The van der Waals surface area contributed by atoms with Crippen LogP contribution in [0.2, 0.25) is 0 Å². The fourth-order valence-corrected chi connectivity index (χ4v) is 5.41. The number of benzene rings is 2. The molecule has 0 atom stereocenters. The Hall–Kier alpha value is -2.87. The van der Waals surface area contributed by atoms with Gasteiger partial charge in [0.25, 0.3) is 0 Å². The second-order valence-electron chi connectivity index (χ2n) is 10.4. The van der Waals surface area contributed by atoms with Crippen LogP contribution in [0.3, 0.4) is 0 Å². The number of rotatable bonds is 11. The van der Waals surface area contributed by atoms with Gasteiger partial charge in [0, 0.05) is 24.4 Å². The minimum absolute atomic E-state index is 0.164. The highest BCUT2D eigenvalue weighted by atomic mass is 19.1. The number of piperidine rings is 1. The molecule has 1 aliphatic heterocycles. The molecule has 0 radical (unpaired) electrons. The van der Waals surface area contributed by atoms with Gasteiger partial charge in [-0.2, -0.15) is 0 Å². The highest BCUT2D eigenvalue weighted by Crippen LogP contribution is 2.35. The predicted octanol–water partition coefficient (Wildman–Crippen LogP) is 9.46. The average Bonchev–Trinajstić information content (AvgIpc) is 2.87. The molecule has 1 heterocycles. The summed E-state index contributed by atoms with van der Waals surface area (Å²) in [6, 6.07) is 11.6. The summed E-state index contributed by atoms with van der Waals surface area (Å²) in [5.74, 6) is 0.467. The van der Waals surface area contributed by atoms with Crippen molar-refractivity contribution in [3.05, 3.63) is 107 Å². The van der Waals surface area contributed by atoms with Gasteiger partial charge in [0.05, 0.1) is 0 Å². The fourth-order valence-electron chi connectivity index (χ4n) is 5.41. The Labute approximate surface area is 219 Å². The van der Waals surface area contributed by atoms with E-state index in [1.54, 1.807) is 12.1 Å². The van der Waals surface area contributed by atoms with Crippen LogP contribution < -0.4 is 0 Å². The van der Waals surface area contributed by atoms with E-state index in [2.05, 4.69) is 70.5 Å². The Kier molecular flexibility index (Phi) is 9.93. The molecule has 1 saturated heterocycles. The number of likely N-dealkylation sites (tertiary alicyclic amines) is 1. The number of nitrogens with zero attached hydrogens (tertiary/aromatic N) is 1. The highest BCUT2D eigenvalue weighted by molar-refractivity contribution is 5.85. The molecule has 1 aliphatic rings. The summed E-state index contributed by atoms with van der Waals surface area (Å²) < 4.78 is 13.2. The van der Waals surface area contributed by atoms with Crippen molar-refractivity contribution in [3.63, 3.8) is 0 Å². The second-order valence-corrected chi connectivity index (χ2v) is 10.4. The summed E-state index contributed by atoms with van der Waals surface area (Å²) in [6.45, 7) is 24.0. The van der Waals surface area contributed by atoms with Gasteiger partial charge < -0.3 is 4.90 Å². The molecule has 36 heavy (non-hydrogen) atoms. The van der Waals surface area contributed by atoms with Crippen molar-refractivity contribution in [1.82, 2.24) is 4.90 Å². The average molecular weight is 486 g/mol. The minimum atomic E-state index is -0.164. The van der Waals surface area contributed by atoms with Crippen LogP contribution in [0, 0.1) is 25.6 Å². The first-order chi connectivity index (χ1) is 17.2. The summed E-state index contributed by atoms with van der Waals surface area (Å²) in [5.41, 5.74) is 10.7. The monoisotopic (exact) mass is 485 g/mol. The lowest BCUT2D eigenvalue weighted by atomic mass is 9.86. The zero-order valence-electron chi connectivity index (χ0n) is 22.9. The largest absolute Gasteiger partial charge is 0.372 e. The molecule has 0 aromatic heterocycles. The Bertz CT molecular complexity index is 1110. The normalized spacial score (nSPS) is 14.7. The van der Waals surface area contributed by atoms with E-state index >= 15 is 0 Å². The van der Waals surface area contributed by atoms with Crippen molar-refractivity contribution in [1.29, 1.82) is 0 Å². The van der Waals surface area contributed by atoms with E-state index in [1.807, 2.05) is 12.1 Å². The van der Waals surface area contributed by atoms with Gasteiger partial charge in [-0.15, -0.1) is 0 Å². The first-order valence-corrected chi connectivity index (χ1v) is 13.6. The standard InChI is InChI=1S/C34H44FN/c1-8-10-11-12-24(3)27(6)32(9-2)34-23-33(25(4)21-26(34)5)28(7)36-19-17-30(18-20-36)22-29-13-15-31(35)16-14-29/h9,13-16,21,23,30H,3,6-8,10-12,17-20,22H2,1-2,4-5H3/b32-9-. The van der Waals surface area contributed by atoms with Gasteiger partial charge in [-0.1, -0.05) is 63.8 Å². The van der Waals surface area contributed by atoms with E-state index in [1.165, 1.54) is 46.2 Å². The molecule has 0 unspecified atom stereocenters. The third kappa shape index (κ3) is 6.87. The van der Waals surface area contributed by atoms with Gasteiger partial charge in [-0.05, 0) is 116 Å². The van der Waals surface area contributed by atoms with E-state index in [0.717, 1.165) is 62.0 Å². The maximum atomic E-state index is 13.2. The third-order valence-electron chi connectivity index (χ3n) is 7.73. The fraction of sp³-hybridized carbons (Fsp3) is 0.412. The van der Waals surface area contributed by atoms with Gasteiger partial charge in [0.15, 0.2) is 0 Å². The molecule has 2 aromatic carbocycles. The van der Waals surface area contributed by atoms with Crippen LogP contribution in [0.5, 0.6) is 0 Å². The lowest BCUT2D eigenvalue weighted by Crippen LogP contribution is -2.33. The number of halogens is 1. The summed E-state index contributed by atoms with van der Waals surface area (Å²) in [5, 5.41) is 0. The van der Waals surface area contributed by atoms with Gasteiger partial charge in [0.1, 0.15) is 5.82 Å². The number of unbranched alkanes of at least 4 members (excludes halogenated alkanes) is 2. The molecular formula is C34H44FN. The summed E-state index contributed by atoms with van der Waals surface area (Å²) in [6.07, 6.45) is 10.1. The smallest absolute Gasteiger partial charge is 0.123 e. The van der Waals surface area contributed by atoms with E-state index in [4.69, 9.17) is 0 Å². The quantitative estimate of drug-likeness (QED) is 0.226. The predicted molar refractivity (Wildman–Crippen MR) is 155 cm³/mol. The zero-order valence-corrected chi connectivity index (χ0v) is 22.9. The lowest BCUT2D eigenvalue weighted by Gasteiger charge is -2.35. The van der Waals surface area contributed by atoms with Crippen LogP contribution in [0.4, 0.5) is 4.39 Å². The van der Waals surface area contributed by atoms with Gasteiger partial charge in [-0.3, -0.25) is 0 Å². The molecule has 2 heteroatoms. The highest BCUT2D eigenvalue weighted by Gasteiger charge is 2.23. The molecule has 3 rings (SSSR count). The summed E-state index contributed by atoms with van der Waals surface area (Å²) in [7, 11) is 0. The maximum absolute atomic E-state index is 13.2. The molecule has 0 spiro atoms. The van der Waals surface area contributed by atoms with Gasteiger partial charge >= 0.3 is 0 Å². The molecule has 0 amide bonds. The molecule has 192 valence electrons. The molecule has 1 fully saturated rings. The van der Waals surface area contributed by atoms with Crippen molar-refractivity contribution >= 4 is 11.3 Å². The van der Waals surface area contributed by atoms with E-state index < -0.39 is 0 Å². The van der Waals surface area contributed by atoms with Crippen molar-refractivity contribution in [3.8, 4) is 0 Å². The van der Waals surface area contributed by atoms with Crippen LogP contribution in [0.15, 0.2) is 73.4 Å². The Morgan fingerprint density at radius 2 is 1.61 bits per heavy atom.